The van der Waals surface area contributed by atoms with Crippen molar-refractivity contribution in [2.45, 2.75) is 38.1 Å². The summed E-state index contributed by atoms with van der Waals surface area (Å²) >= 11 is 7.75. The summed E-state index contributed by atoms with van der Waals surface area (Å²) in [6.45, 7) is 4.86. The fourth-order valence-corrected chi connectivity index (χ4v) is 6.04. The van der Waals surface area contributed by atoms with Crippen LogP contribution in [0.1, 0.15) is 46.8 Å². The number of carbonyl (C=O) groups is 1. The molecule has 0 aliphatic carbocycles. The molecule has 5 rings (SSSR count). The lowest BCUT2D eigenvalue weighted by molar-refractivity contribution is -0.786. The van der Waals surface area contributed by atoms with E-state index in [0.717, 1.165) is 56.5 Å². The highest BCUT2D eigenvalue weighted by Crippen LogP contribution is 2.32. The third-order valence-corrected chi connectivity index (χ3v) is 8.42. The number of aromatic nitrogens is 1. The summed E-state index contributed by atoms with van der Waals surface area (Å²) in [5.74, 6) is 0.876. The van der Waals surface area contributed by atoms with Crippen molar-refractivity contribution < 1.29 is 14.7 Å². The molecule has 8 heteroatoms. The summed E-state index contributed by atoms with van der Waals surface area (Å²) in [6.07, 6.45) is 1.46. The van der Waals surface area contributed by atoms with Crippen LogP contribution in [0.5, 0.6) is 0 Å². The zero-order chi connectivity index (χ0) is 28.9. The number of nitrogens with zero attached hydrogens (tertiary/aromatic N) is 3. The first-order valence-electron chi connectivity index (χ1n) is 13.6. The minimum Gasteiger partial charge on any atom is -0.341 e. The number of hydrogen-bond acceptors (Lipinski definition) is 5. The van der Waals surface area contributed by atoms with E-state index in [1.54, 1.807) is 11.8 Å². The highest BCUT2D eigenvalue weighted by atomic mass is 35.5. The number of rotatable bonds is 11. The van der Waals surface area contributed by atoms with Crippen LogP contribution in [0.3, 0.4) is 0 Å². The molecule has 0 fully saturated rings. The van der Waals surface area contributed by atoms with Crippen molar-refractivity contribution in [2.24, 2.45) is 5.16 Å². The molecule has 0 aliphatic rings. The van der Waals surface area contributed by atoms with Crippen molar-refractivity contribution in [1.82, 2.24) is 4.57 Å². The van der Waals surface area contributed by atoms with Crippen LogP contribution < -0.4 is 0 Å². The maximum Gasteiger partial charge on any atom is 0.208 e. The quantitative estimate of drug-likeness (QED) is 0.0512. The maximum atomic E-state index is 13.4. The molecular formula is C33H31ClN3O3S+. The average molecular weight is 585 g/mol. The lowest BCUT2D eigenvalue weighted by atomic mass is 9.97. The highest BCUT2D eigenvalue weighted by Gasteiger charge is 2.19. The van der Waals surface area contributed by atoms with Gasteiger partial charge in [0.05, 0.1) is 0 Å². The van der Waals surface area contributed by atoms with Gasteiger partial charge in [0.2, 0.25) is 5.71 Å². The molecule has 5 aromatic rings. The monoisotopic (exact) mass is 584 g/mol. The molecule has 0 saturated carbocycles. The van der Waals surface area contributed by atoms with Crippen molar-refractivity contribution >= 4 is 56.7 Å². The number of hydrogen-bond donors (Lipinski definition) is 0. The summed E-state index contributed by atoms with van der Waals surface area (Å²) in [5.41, 5.74) is 6.01. The normalized spacial score (nSPS) is 11.8. The Morgan fingerprint density at radius 2 is 1.61 bits per heavy atom. The van der Waals surface area contributed by atoms with Gasteiger partial charge in [-0.15, -0.1) is 11.8 Å². The Morgan fingerprint density at radius 3 is 2.27 bits per heavy atom. The summed E-state index contributed by atoms with van der Waals surface area (Å²) < 4.78 is 2.25. The zero-order valence-corrected chi connectivity index (χ0v) is 24.8. The van der Waals surface area contributed by atoms with E-state index in [9.17, 15) is 9.70 Å². The maximum absolute atomic E-state index is 13.4. The topological polar surface area (TPSA) is 63.7 Å². The molecule has 41 heavy (non-hydrogen) atoms. The largest absolute Gasteiger partial charge is 0.341 e. The van der Waals surface area contributed by atoms with E-state index in [-0.39, 0.29) is 5.78 Å². The van der Waals surface area contributed by atoms with Crippen molar-refractivity contribution in [2.75, 3.05) is 12.8 Å². The molecule has 0 N–H and O–H groups in total. The van der Waals surface area contributed by atoms with Gasteiger partial charge < -0.3 is 4.57 Å². The molecule has 0 amide bonds. The number of fused-ring (bicyclic) bond motifs is 3. The smallest absolute Gasteiger partial charge is 0.208 e. The van der Waals surface area contributed by atoms with Crippen LogP contribution >= 0.6 is 23.4 Å². The van der Waals surface area contributed by atoms with Crippen LogP contribution in [0.15, 0.2) is 95.0 Å². The second kappa shape index (κ2) is 12.7. The molecule has 208 valence electrons. The predicted octanol–water partition coefficient (Wildman–Crippen LogP) is 8.62. The molecule has 0 spiro atoms. The molecule has 0 unspecified atom stereocenters. The Morgan fingerprint density at radius 1 is 0.951 bits per heavy atom. The summed E-state index contributed by atoms with van der Waals surface area (Å²) in [6, 6.07) is 27.6. The van der Waals surface area contributed by atoms with Gasteiger partial charge in [-0.3, -0.25) is 4.79 Å². The van der Waals surface area contributed by atoms with Crippen LogP contribution in [-0.2, 0) is 11.5 Å². The van der Waals surface area contributed by atoms with Crippen LogP contribution in [0.2, 0.25) is 5.02 Å². The van der Waals surface area contributed by atoms with Gasteiger partial charge in [-0.25, -0.2) is 0 Å². The van der Waals surface area contributed by atoms with Gasteiger partial charge in [-0.05, 0) is 102 Å². The van der Waals surface area contributed by atoms with E-state index in [2.05, 4.69) is 28.8 Å². The van der Waals surface area contributed by atoms with Crippen LogP contribution in [-0.4, -0.2) is 33.8 Å². The SMILES string of the molecule is CCn1c2ccc(C(=O)c3ccccc3C)cc2c2cc(C(CCCSc3ccc(Cl)cc3)=NO[N+](C)=O)ccc21. The molecule has 0 bridgehead atoms. The first-order chi connectivity index (χ1) is 19.9. The minimum atomic E-state index is 0.00544. The van der Waals surface area contributed by atoms with Crippen LogP contribution in [0.25, 0.3) is 21.8 Å². The number of halogens is 1. The van der Waals surface area contributed by atoms with Gasteiger partial charge in [0, 0.05) is 61.4 Å². The summed E-state index contributed by atoms with van der Waals surface area (Å²) in [4.78, 5) is 31.5. The molecular weight excluding hydrogens is 554 g/mol. The number of benzene rings is 4. The highest BCUT2D eigenvalue weighted by molar-refractivity contribution is 7.99. The number of oxime groups is 1. The lowest BCUT2D eigenvalue weighted by Crippen LogP contribution is -2.06. The van der Waals surface area contributed by atoms with Gasteiger partial charge >= 0.3 is 0 Å². The van der Waals surface area contributed by atoms with Crippen molar-refractivity contribution in [3.63, 3.8) is 0 Å². The molecule has 4 aromatic carbocycles. The lowest BCUT2D eigenvalue weighted by Gasteiger charge is -2.06. The second-order valence-corrected chi connectivity index (χ2v) is 11.4. The Hall–Kier alpha value is -3.94. The van der Waals surface area contributed by atoms with Crippen LogP contribution in [0, 0.1) is 11.8 Å². The summed E-state index contributed by atoms with van der Waals surface area (Å²) in [7, 11) is 1.27. The second-order valence-electron chi connectivity index (χ2n) is 9.82. The fourth-order valence-electron chi connectivity index (χ4n) is 5.06. The molecule has 0 radical (unpaired) electrons. The average Bonchev–Trinajstić information content (AvgIpc) is 3.29. The Labute approximate surface area is 248 Å². The van der Waals surface area contributed by atoms with Gasteiger partial charge in [-0.2, -0.15) is 0 Å². The Kier molecular flexibility index (Phi) is 8.86. The predicted molar refractivity (Wildman–Crippen MR) is 168 cm³/mol. The van der Waals surface area contributed by atoms with Gasteiger partial charge in [0.15, 0.2) is 18.0 Å². The molecule has 1 heterocycles. The fraction of sp³-hybridized carbons (Fsp3) is 0.212. The van der Waals surface area contributed by atoms with E-state index < -0.39 is 0 Å². The van der Waals surface area contributed by atoms with E-state index in [4.69, 9.17) is 16.5 Å². The molecule has 1 aromatic heterocycles. The van der Waals surface area contributed by atoms with E-state index >= 15 is 0 Å². The molecule has 0 atom stereocenters. The first kappa shape index (κ1) is 28.6. The molecule has 6 nitrogen and oxygen atoms in total. The standard InChI is InChI=1S/C33H31ClN3O3S/c1-4-37-31-17-11-23(30(35-40-36(3)39)10-7-19-41-26-15-13-25(34)14-16-26)20-28(31)29-21-24(12-18-32(29)37)33(38)27-9-6-5-8-22(27)2/h5-6,8-9,11-18,20-21H,4,7,10,19H2,1-3H3/q+1. The van der Waals surface area contributed by atoms with Crippen molar-refractivity contribution in [3.8, 4) is 0 Å². The summed E-state index contributed by atoms with van der Waals surface area (Å²) in [5, 5.41) is 6.95. The number of aryl methyl sites for hydroxylation is 2. The van der Waals surface area contributed by atoms with E-state index in [1.165, 1.54) is 7.05 Å². The molecule has 0 saturated heterocycles. The Balaban J connectivity index is 1.48. The van der Waals surface area contributed by atoms with Gasteiger partial charge in [0.1, 0.15) is 4.92 Å². The van der Waals surface area contributed by atoms with Crippen molar-refractivity contribution in [1.29, 1.82) is 0 Å². The Bertz CT molecular complexity index is 1780. The molecule has 0 aliphatic heterocycles. The third kappa shape index (κ3) is 6.37. The first-order valence-corrected chi connectivity index (χ1v) is 14.9. The van der Waals surface area contributed by atoms with E-state index in [0.29, 0.717) is 33.2 Å². The van der Waals surface area contributed by atoms with Crippen molar-refractivity contribution in [3.05, 3.63) is 117 Å². The van der Waals surface area contributed by atoms with Gasteiger partial charge in [0.25, 0.3) is 0 Å². The number of ketones is 1. The minimum absolute atomic E-state index is 0.00544. The third-order valence-electron chi connectivity index (χ3n) is 7.07. The zero-order valence-electron chi connectivity index (χ0n) is 23.3. The van der Waals surface area contributed by atoms with Gasteiger partial charge in [-0.1, -0.05) is 35.9 Å². The number of thioether (sulfide) groups is 1. The van der Waals surface area contributed by atoms with Crippen LogP contribution in [0.4, 0.5) is 0 Å². The number of carbonyl (C=O) groups excluding carboxylic acids is 1. The van der Waals surface area contributed by atoms with E-state index in [1.807, 2.05) is 79.7 Å².